The molecule has 7 heteroatoms. The van der Waals surface area contributed by atoms with E-state index in [0.717, 1.165) is 11.4 Å². The van der Waals surface area contributed by atoms with Crippen LogP contribution in [0, 0.1) is 19.7 Å². The molecule has 22 heavy (non-hydrogen) atoms. The summed E-state index contributed by atoms with van der Waals surface area (Å²) in [6, 6.07) is 5.92. The first-order valence-electron chi connectivity index (χ1n) is 6.60. The maximum atomic E-state index is 13.1. The molecule has 1 heterocycles. The summed E-state index contributed by atoms with van der Waals surface area (Å²) < 4.78 is 13.1. The van der Waals surface area contributed by atoms with E-state index in [-0.39, 0.29) is 10.9 Å². The van der Waals surface area contributed by atoms with Gasteiger partial charge in [0, 0.05) is 17.1 Å². The Kier molecular flexibility index (Phi) is 5.37. The van der Waals surface area contributed by atoms with E-state index in [1.54, 1.807) is 6.92 Å². The zero-order valence-electron chi connectivity index (χ0n) is 12.4. The second-order valence-corrected chi connectivity index (χ2v) is 6.53. The van der Waals surface area contributed by atoms with Crippen LogP contribution in [0.2, 0.25) is 5.02 Å². The predicted octanol–water partition coefficient (Wildman–Crippen LogP) is 4.01. The van der Waals surface area contributed by atoms with Gasteiger partial charge in [0.1, 0.15) is 5.82 Å². The fourth-order valence-corrected chi connectivity index (χ4v) is 2.83. The molecule has 0 saturated heterocycles. The van der Waals surface area contributed by atoms with E-state index in [4.69, 9.17) is 11.6 Å². The molecule has 2 rings (SSSR count). The summed E-state index contributed by atoms with van der Waals surface area (Å²) in [6.07, 6.45) is 0. The van der Waals surface area contributed by atoms with Crippen molar-refractivity contribution < 1.29 is 9.18 Å². The molecule has 1 aromatic carbocycles. The van der Waals surface area contributed by atoms with Crippen molar-refractivity contribution in [3.63, 3.8) is 0 Å². The molecule has 0 spiro atoms. The Morgan fingerprint density at radius 2 is 1.91 bits per heavy atom. The predicted molar refractivity (Wildman–Crippen MR) is 86.9 cm³/mol. The smallest absolute Gasteiger partial charge is 0.237 e. The zero-order valence-corrected chi connectivity index (χ0v) is 13.9. The Morgan fingerprint density at radius 1 is 1.27 bits per heavy atom. The van der Waals surface area contributed by atoms with Crippen molar-refractivity contribution in [2.24, 2.45) is 0 Å². The molecular weight excluding hydrogens is 325 g/mol. The number of hydrogen-bond donors (Lipinski definition) is 1. The number of halogens is 2. The minimum Gasteiger partial charge on any atom is -0.325 e. The Hall–Kier alpha value is -1.66. The quantitative estimate of drug-likeness (QED) is 0.675. The molecule has 0 aliphatic carbocycles. The number of nitrogens with zero attached hydrogens (tertiary/aromatic N) is 2. The molecule has 0 fully saturated rings. The molecule has 0 aliphatic rings. The summed E-state index contributed by atoms with van der Waals surface area (Å²) >= 11 is 6.96. The first-order valence-corrected chi connectivity index (χ1v) is 7.86. The minimum absolute atomic E-state index is 0.0317. The van der Waals surface area contributed by atoms with Gasteiger partial charge in [-0.15, -0.1) is 0 Å². The van der Waals surface area contributed by atoms with Crippen molar-refractivity contribution in [2.45, 2.75) is 31.2 Å². The molecule has 0 saturated carbocycles. The standard InChI is InChI=1S/C15H15ClFN3OS/c1-8-6-9(2)19-15(18-8)22-10(3)14(21)20-11-4-5-13(17)12(16)7-11/h4-7,10H,1-3H3,(H,20,21). The van der Waals surface area contributed by atoms with E-state index in [1.165, 1.54) is 30.0 Å². The van der Waals surface area contributed by atoms with Crippen molar-refractivity contribution >= 4 is 35.0 Å². The molecule has 0 radical (unpaired) electrons. The van der Waals surface area contributed by atoms with E-state index in [1.807, 2.05) is 19.9 Å². The number of aromatic nitrogens is 2. The van der Waals surface area contributed by atoms with Crippen molar-refractivity contribution in [1.29, 1.82) is 0 Å². The van der Waals surface area contributed by atoms with Crippen LogP contribution < -0.4 is 5.32 Å². The molecule has 2 aromatic rings. The molecule has 0 aliphatic heterocycles. The second-order valence-electron chi connectivity index (χ2n) is 4.81. The number of aryl methyl sites for hydroxylation is 2. The number of nitrogens with one attached hydrogen (secondary N) is 1. The average Bonchev–Trinajstić information content (AvgIpc) is 2.41. The third-order valence-corrected chi connectivity index (χ3v) is 4.05. The minimum atomic E-state index is -0.522. The largest absolute Gasteiger partial charge is 0.325 e. The van der Waals surface area contributed by atoms with Crippen LogP contribution in [-0.2, 0) is 4.79 Å². The van der Waals surface area contributed by atoms with Crippen molar-refractivity contribution in [3.05, 3.63) is 46.5 Å². The second kappa shape index (κ2) is 7.07. The summed E-state index contributed by atoms with van der Waals surface area (Å²) in [5, 5.41) is 2.82. The molecule has 0 bridgehead atoms. The number of carbonyl (C=O) groups excluding carboxylic acids is 1. The molecule has 1 atom stereocenters. The van der Waals surface area contributed by atoms with Crippen LogP contribution in [0.4, 0.5) is 10.1 Å². The number of thioether (sulfide) groups is 1. The summed E-state index contributed by atoms with van der Waals surface area (Å²) in [4.78, 5) is 20.7. The van der Waals surface area contributed by atoms with Gasteiger partial charge in [-0.1, -0.05) is 23.4 Å². The van der Waals surface area contributed by atoms with Gasteiger partial charge in [0.2, 0.25) is 5.91 Å². The van der Waals surface area contributed by atoms with Gasteiger partial charge >= 0.3 is 0 Å². The summed E-state index contributed by atoms with van der Waals surface area (Å²) in [5.74, 6) is -0.749. The van der Waals surface area contributed by atoms with E-state index in [9.17, 15) is 9.18 Å². The Labute approximate surface area is 137 Å². The van der Waals surface area contributed by atoms with E-state index in [2.05, 4.69) is 15.3 Å². The van der Waals surface area contributed by atoms with Crippen LogP contribution in [0.25, 0.3) is 0 Å². The first-order chi connectivity index (χ1) is 10.3. The van der Waals surface area contributed by atoms with Gasteiger partial charge in [0.25, 0.3) is 0 Å². The number of amides is 1. The molecule has 1 unspecified atom stereocenters. The number of benzene rings is 1. The Bertz CT molecular complexity index is 691. The normalized spacial score (nSPS) is 12.0. The summed E-state index contributed by atoms with van der Waals surface area (Å²) in [6.45, 7) is 5.51. The average molecular weight is 340 g/mol. The number of carbonyl (C=O) groups is 1. The fourth-order valence-electron chi connectivity index (χ4n) is 1.78. The third kappa shape index (κ3) is 4.42. The van der Waals surface area contributed by atoms with Gasteiger partial charge < -0.3 is 5.32 Å². The van der Waals surface area contributed by atoms with Gasteiger partial charge in [0.05, 0.1) is 10.3 Å². The lowest BCUT2D eigenvalue weighted by Crippen LogP contribution is -2.22. The van der Waals surface area contributed by atoms with E-state index in [0.29, 0.717) is 10.8 Å². The number of rotatable bonds is 4. The van der Waals surface area contributed by atoms with Crippen LogP contribution in [0.1, 0.15) is 18.3 Å². The van der Waals surface area contributed by atoms with Crippen LogP contribution in [0.3, 0.4) is 0 Å². The zero-order chi connectivity index (χ0) is 16.3. The fraction of sp³-hybridized carbons (Fsp3) is 0.267. The molecule has 4 nitrogen and oxygen atoms in total. The number of anilines is 1. The topological polar surface area (TPSA) is 54.9 Å². The molecule has 1 N–H and O–H groups in total. The van der Waals surface area contributed by atoms with E-state index >= 15 is 0 Å². The molecule has 1 aromatic heterocycles. The van der Waals surface area contributed by atoms with E-state index < -0.39 is 11.1 Å². The molecule has 1 amide bonds. The highest BCUT2D eigenvalue weighted by atomic mass is 35.5. The van der Waals surface area contributed by atoms with Gasteiger partial charge in [-0.25, -0.2) is 14.4 Å². The maximum absolute atomic E-state index is 13.1. The van der Waals surface area contributed by atoms with Crippen molar-refractivity contribution in [3.8, 4) is 0 Å². The lowest BCUT2D eigenvalue weighted by molar-refractivity contribution is -0.115. The van der Waals surface area contributed by atoms with Gasteiger partial charge in [0.15, 0.2) is 5.16 Å². The maximum Gasteiger partial charge on any atom is 0.237 e. The Balaban J connectivity index is 2.04. The van der Waals surface area contributed by atoms with Crippen molar-refractivity contribution in [1.82, 2.24) is 9.97 Å². The first kappa shape index (κ1) is 16.7. The third-order valence-electron chi connectivity index (χ3n) is 2.80. The van der Waals surface area contributed by atoms with Gasteiger partial charge in [-0.3, -0.25) is 4.79 Å². The lowest BCUT2D eigenvalue weighted by atomic mass is 10.3. The number of hydrogen-bond acceptors (Lipinski definition) is 4. The molecule has 116 valence electrons. The monoisotopic (exact) mass is 339 g/mol. The highest BCUT2D eigenvalue weighted by molar-refractivity contribution is 8.00. The van der Waals surface area contributed by atoms with Crippen LogP contribution in [-0.4, -0.2) is 21.1 Å². The van der Waals surface area contributed by atoms with Crippen LogP contribution in [0.5, 0.6) is 0 Å². The van der Waals surface area contributed by atoms with Gasteiger partial charge in [-0.05, 0) is 45.0 Å². The highest BCUT2D eigenvalue weighted by Crippen LogP contribution is 2.23. The summed E-state index contributed by atoms with van der Waals surface area (Å²) in [5.41, 5.74) is 2.16. The van der Waals surface area contributed by atoms with Crippen LogP contribution >= 0.6 is 23.4 Å². The highest BCUT2D eigenvalue weighted by Gasteiger charge is 2.17. The van der Waals surface area contributed by atoms with Crippen LogP contribution in [0.15, 0.2) is 29.4 Å². The Morgan fingerprint density at radius 3 is 2.50 bits per heavy atom. The SMILES string of the molecule is Cc1cc(C)nc(SC(C)C(=O)Nc2ccc(F)c(Cl)c2)n1. The van der Waals surface area contributed by atoms with Gasteiger partial charge in [-0.2, -0.15) is 0 Å². The summed E-state index contributed by atoms with van der Waals surface area (Å²) in [7, 11) is 0. The van der Waals surface area contributed by atoms with Crippen molar-refractivity contribution in [2.75, 3.05) is 5.32 Å². The lowest BCUT2D eigenvalue weighted by Gasteiger charge is -2.12. The molecular formula is C15H15ClFN3OS.